The lowest BCUT2D eigenvalue weighted by Gasteiger charge is -2.25. The zero-order valence-electron chi connectivity index (χ0n) is 12.2. The summed E-state index contributed by atoms with van der Waals surface area (Å²) in [5.41, 5.74) is 6.17. The molecule has 3 N–H and O–H groups in total. The van der Waals surface area contributed by atoms with Crippen LogP contribution in [0.4, 0.5) is 4.39 Å². The van der Waals surface area contributed by atoms with Crippen LogP contribution in [0.15, 0.2) is 12.1 Å². The van der Waals surface area contributed by atoms with Crippen molar-refractivity contribution < 1.29 is 19.0 Å². The number of aliphatic hydroxyl groups excluding tert-OH is 1. The third-order valence-electron chi connectivity index (χ3n) is 3.46. The Bertz CT molecular complexity index is 431. The van der Waals surface area contributed by atoms with E-state index in [9.17, 15) is 9.50 Å². The molecule has 116 valence electrons. The number of aliphatic hydroxyl groups is 1. The molecule has 0 amide bonds. The fourth-order valence-corrected chi connectivity index (χ4v) is 1.90. The molecule has 0 aliphatic carbocycles. The number of methoxy groups -OCH3 is 2. The molecule has 0 aliphatic heterocycles. The number of rotatable bonds is 6. The van der Waals surface area contributed by atoms with E-state index >= 15 is 0 Å². The van der Waals surface area contributed by atoms with Crippen LogP contribution in [0, 0.1) is 11.7 Å². The number of nitrogens with two attached hydrogens (primary N) is 1. The smallest absolute Gasteiger partial charge is 0.163 e. The van der Waals surface area contributed by atoms with Crippen molar-refractivity contribution in [2.75, 3.05) is 14.2 Å². The topological polar surface area (TPSA) is 64.7 Å². The van der Waals surface area contributed by atoms with Crippen molar-refractivity contribution in [2.45, 2.75) is 32.4 Å². The van der Waals surface area contributed by atoms with Crippen molar-refractivity contribution in [3.05, 3.63) is 23.5 Å². The normalized spacial score (nSPS) is 14.9. The second kappa shape index (κ2) is 8.29. The summed E-state index contributed by atoms with van der Waals surface area (Å²) in [6.07, 6.45) is -0.0401. The Morgan fingerprint density at radius 3 is 2.20 bits per heavy atom. The summed E-state index contributed by atoms with van der Waals surface area (Å²) in [6.45, 7) is 3.83. The summed E-state index contributed by atoms with van der Waals surface area (Å²) in [6, 6.07) is 1.90. The second-order valence-electron chi connectivity index (χ2n) is 4.63. The highest BCUT2D eigenvalue weighted by atomic mass is 35.5. The van der Waals surface area contributed by atoms with Crippen LogP contribution in [0.1, 0.15) is 31.9 Å². The van der Waals surface area contributed by atoms with Crippen LogP contribution in [-0.4, -0.2) is 25.4 Å². The Hall–Kier alpha value is -1.04. The maximum absolute atomic E-state index is 14.0. The van der Waals surface area contributed by atoms with E-state index in [4.69, 9.17) is 15.2 Å². The second-order valence-corrected chi connectivity index (χ2v) is 4.63. The van der Waals surface area contributed by atoms with Crippen LogP contribution in [-0.2, 0) is 0 Å². The molecule has 0 heterocycles. The average Bonchev–Trinajstić information content (AvgIpc) is 2.44. The van der Waals surface area contributed by atoms with Crippen molar-refractivity contribution in [3.8, 4) is 11.5 Å². The fraction of sp³-hybridized carbons (Fsp3) is 0.571. The lowest BCUT2D eigenvalue weighted by molar-refractivity contribution is 0.0866. The molecular weight excluding hydrogens is 285 g/mol. The van der Waals surface area contributed by atoms with Crippen LogP contribution >= 0.6 is 12.4 Å². The average molecular weight is 308 g/mol. The lowest BCUT2D eigenvalue weighted by Crippen LogP contribution is -2.32. The monoisotopic (exact) mass is 307 g/mol. The first kappa shape index (κ1) is 19.0. The molecule has 0 fully saturated rings. The molecule has 0 aliphatic rings. The molecule has 1 aromatic carbocycles. The highest BCUT2D eigenvalue weighted by Crippen LogP contribution is 2.33. The Morgan fingerprint density at radius 1 is 1.25 bits per heavy atom. The summed E-state index contributed by atoms with van der Waals surface area (Å²) in [5, 5.41) is 10.1. The molecule has 1 unspecified atom stereocenters. The van der Waals surface area contributed by atoms with E-state index in [1.54, 1.807) is 0 Å². The first-order valence-corrected chi connectivity index (χ1v) is 6.31. The fourth-order valence-electron chi connectivity index (χ4n) is 1.90. The van der Waals surface area contributed by atoms with Gasteiger partial charge >= 0.3 is 0 Å². The van der Waals surface area contributed by atoms with E-state index in [1.807, 2.05) is 13.8 Å². The van der Waals surface area contributed by atoms with Gasteiger partial charge < -0.3 is 20.3 Å². The van der Waals surface area contributed by atoms with Gasteiger partial charge in [0.25, 0.3) is 0 Å². The predicted molar refractivity (Wildman–Crippen MR) is 79.1 cm³/mol. The molecular formula is C14H23ClFNO3. The number of benzene rings is 1. The summed E-state index contributed by atoms with van der Waals surface area (Å²) >= 11 is 0. The molecule has 0 bridgehead atoms. The van der Waals surface area contributed by atoms with Gasteiger partial charge in [0, 0.05) is 11.6 Å². The van der Waals surface area contributed by atoms with Gasteiger partial charge in [-0.2, -0.15) is 0 Å². The molecule has 0 saturated carbocycles. The van der Waals surface area contributed by atoms with Gasteiger partial charge in [0.1, 0.15) is 5.82 Å². The summed E-state index contributed by atoms with van der Waals surface area (Å²) in [5.74, 6) is 0.176. The Kier molecular flexibility index (Phi) is 7.86. The largest absolute Gasteiger partial charge is 0.493 e. The Morgan fingerprint density at radius 2 is 1.75 bits per heavy atom. The van der Waals surface area contributed by atoms with Crippen LogP contribution in [0.2, 0.25) is 0 Å². The van der Waals surface area contributed by atoms with E-state index in [0.29, 0.717) is 11.5 Å². The minimum absolute atomic E-state index is 0. The molecule has 0 saturated heterocycles. The minimum atomic E-state index is -0.808. The number of hydrogen-bond donors (Lipinski definition) is 2. The number of ether oxygens (including phenoxy) is 2. The Labute approximate surface area is 125 Å². The lowest BCUT2D eigenvalue weighted by atomic mass is 9.91. The van der Waals surface area contributed by atoms with E-state index in [-0.39, 0.29) is 23.9 Å². The summed E-state index contributed by atoms with van der Waals surface area (Å²) in [7, 11) is 2.90. The van der Waals surface area contributed by atoms with Crippen molar-refractivity contribution in [1.29, 1.82) is 0 Å². The van der Waals surface area contributed by atoms with Gasteiger partial charge in [0.2, 0.25) is 0 Å². The SMILES string of the molecule is CCC(C)[C@@H](O)[C@@H](N)c1cc(OC)c(OC)cc1F.Cl. The molecule has 6 heteroatoms. The quantitative estimate of drug-likeness (QED) is 0.848. The van der Waals surface area contributed by atoms with Crippen LogP contribution in [0.3, 0.4) is 0 Å². The maximum Gasteiger partial charge on any atom is 0.163 e. The van der Waals surface area contributed by atoms with Crippen LogP contribution in [0.5, 0.6) is 11.5 Å². The maximum atomic E-state index is 14.0. The van der Waals surface area contributed by atoms with Crippen molar-refractivity contribution in [3.63, 3.8) is 0 Å². The molecule has 1 rings (SSSR count). The van der Waals surface area contributed by atoms with Crippen LogP contribution in [0.25, 0.3) is 0 Å². The molecule has 3 atom stereocenters. The van der Waals surface area contributed by atoms with Crippen LogP contribution < -0.4 is 15.2 Å². The Balaban J connectivity index is 0.00000361. The first-order chi connectivity index (χ1) is 8.96. The molecule has 0 spiro atoms. The predicted octanol–water partition coefficient (Wildman–Crippen LogP) is 2.67. The molecule has 20 heavy (non-hydrogen) atoms. The van der Waals surface area contributed by atoms with Gasteiger partial charge in [-0.15, -0.1) is 12.4 Å². The molecule has 4 nitrogen and oxygen atoms in total. The first-order valence-electron chi connectivity index (χ1n) is 6.31. The van der Waals surface area contributed by atoms with Gasteiger partial charge in [0.05, 0.1) is 26.4 Å². The van der Waals surface area contributed by atoms with Gasteiger partial charge in [-0.3, -0.25) is 0 Å². The van der Waals surface area contributed by atoms with Gasteiger partial charge in [-0.05, 0) is 12.0 Å². The third-order valence-corrected chi connectivity index (χ3v) is 3.46. The zero-order chi connectivity index (χ0) is 14.6. The van der Waals surface area contributed by atoms with Gasteiger partial charge in [0.15, 0.2) is 11.5 Å². The number of hydrogen-bond acceptors (Lipinski definition) is 4. The zero-order valence-corrected chi connectivity index (χ0v) is 13.0. The number of halogens is 2. The van der Waals surface area contributed by atoms with E-state index < -0.39 is 18.0 Å². The summed E-state index contributed by atoms with van der Waals surface area (Å²) in [4.78, 5) is 0. The van der Waals surface area contributed by atoms with Gasteiger partial charge in [-0.1, -0.05) is 20.3 Å². The van der Waals surface area contributed by atoms with E-state index in [0.717, 1.165) is 6.42 Å². The molecule has 0 radical (unpaired) electrons. The van der Waals surface area contributed by atoms with E-state index in [1.165, 1.54) is 26.4 Å². The minimum Gasteiger partial charge on any atom is -0.493 e. The highest BCUT2D eigenvalue weighted by Gasteiger charge is 2.25. The third kappa shape index (κ3) is 3.98. The summed E-state index contributed by atoms with van der Waals surface area (Å²) < 4.78 is 24.1. The van der Waals surface area contributed by atoms with Crippen molar-refractivity contribution in [1.82, 2.24) is 0 Å². The standard InChI is InChI=1S/C14H22FNO3.ClH/c1-5-8(2)14(17)13(16)9-6-11(18-3)12(19-4)7-10(9)15;/h6-8,13-14,17H,5,16H2,1-4H3;1H/t8?,13-,14+;/m0./s1. The van der Waals surface area contributed by atoms with Crippen molar-refractivity contribution >= 4 is 12.4 Å². The van der Waals surface area contributed by atoms with Gasteiger partial charge in [-0.25, -0.2) is 4.39 Å². The molecule has 1 aromatic rings. The van der Waals surface area contributed by atoms with Crippen molar-refractivity contribution in [2.24, 2.45) is 11.7 Å². The highest BCUT2D eigenvalue weighted by molar-refractivity contribution is 5.85. The van der Waals surface area contributed by atoms with E-state index in [2.05, 4.69) is 0 Å². The molecule has 0 aromatic heterocycles.